The molecular formula is C38H33N11O6S3. The van der Waals surface area contributed by atoms with Crippen molar-refractivity contribution in [2.75, 3.05) is 10.2 Å². The molecule has 3 heterocycles. The van der Waals surface area contributed by atoms with E-state index in [9.17, 15) is 31.2 Å². The van der Waals surface area contributed by atoms with Gasteiger partial charge < -0.3 is 15.0 Å². The summed E-state index contributed by atoms with van der Waals surface area (Å²) in [4.78, 5) is 21.7. The van der Waals surface area contributed by atoms with Gasteiger partial charge in [0.2, 0.25) is 0 Å². The Kier molecular flexibility index (Phi) is 10.9. The predicted molar refractivity (Wildman–Crippen MR) is 219 cm³/mol. The number of para-hydroxylation sites is 1. The molecule has 0 amide bonds. The zero-order valence-corrected chi connectivity index (χ0v) is 34.4. The molecule has 6 rings (SSSR count). The maximum atomic E-state index is 12.8. The lowest BCUT2D eigenvalue weighted by molar-refractivity contribution is 0.479. The van der Waals surface area contributed by atoms with E-state index in [-0.39, 0.29) is 68.1 Å². The smallest absolute Gasteiger partial charge is 0.373 e. The number of aryl methyl sites for hydroxylation is 5. The molecule has 0 spiro atoms. The second-order valence-corrected chi connectivity index (χ2v) is 17.0. The lowest BCUT2D eigenvalue weighted by Crippen LogP contribution is -2.17. The molecule has 3 aromatic heterocycles. The lowest BCUT2D eigenvalue weighted by Gasteiger charge is -2.28. The molecular weight excluding hydrogens is 803 g/mol. The minimum Gasteiger partial charge on any atom is -0.373 e. The van der Waals surface area contributed by atoms with E-state index in [0.717, 1.165) is 9.27 Å². The van der Waals surface area contributed by atoms with Gasteiger partial charge in [-0.1, -0.05) is 58.8 Å². The minimum atomic E-state index is -4.70. The molecule has 0 fully saturated rings. The van der Waals surface area contributed by atoms with Crippen molar-refractivity contribution in [3.8, 4) is 6.07 Å². The lowest BCUT2D eigenvalue weighted by atomic mass is 10.0. The Labute approximate surface area is 338 Å². The standard InChI is InChI=1S/C38H33N11O6S3/c1-19-16-22(4)32(57(50,51)52)24(6)29(19)44-34-30(46-47-37-45-35(40-8)36(41-9)48(37)15-14-39)20(2)18-28(43-34)49(38-42-26-12-10-11-13-27(26)56-38)31-21(3)17-23(5)33(25(31)7)58(53,54)55/h10-13,16-18H,15H2,1-7H3,(H,43,44)(H,50,51,52)(H,53,54,55). The Hall–Kier alpha value is -6.60. The molecule has 0 unspecified atom stereocenters. The van der Waals surface area contributed by atoms with Crippen LogP contribution in [0.25, 0.3) is 19.9 Å². The van der Waals surface area contributed by atoms with Crippen molar-refractivity contribution in [3.63, 3.8) is 0 Å². The third-order valence-electron chi connectivity index (χ3n) is 9.20. The van der Waals surface area contributed by atoms with Gasteiger partial charge in [0.15, 0.2) is 17.5 Å². The van der Waals surface area contributed by atoms with E-state index in [4.69, 9.17) is 23.1 Å². The molecule has 3 N–H and O–H groups in total. The Morgan fingerprint density at radius 1 is 0.845 bits per heavy atom. The van der Waals surface area contributed by atoms with Gasteiger partial charge in [0.05, 0.1) is 15.9 Å². The number of nitrogens with one attached hydrogen (secondary N) is 1. The van der Waals surface area contributed by atoms with Crippen LogP contribution in [0.2, 0.25) is 0 Å². The fraction of sp³-hybridized carbons (Fsp3) is 0.211. The van der Waals surface area contributed by atoms with Crippen molar-refractivity contribution in [1.82, 2.24) is 19.5 Å². The highest BCUT2D eigenvalue weighted by Gasteiger charge is 2.30. The van der Waals surface area contributed by atoms with Crippen LogP contribution in [0.15, 0.2) is 62.5 Å². The number of pyridine rings is 1. The van der Waals surface area contributed by atoms with E-state index in [1.165, 1.54) is 18.3 Å². The highest BCUT2D eigenvalue weighted by molar-refractivity contribution is 7.86. The summed E-state index contributed by atoms with van der Waals surface area (Å²) in [5.41, 5.74) is 4.01. The molecule has 0 aliphatic rings. The van der Waals surface area contributed by atoms with Gasteiger partial charge in [-0.25, -0.2) is 14.5 Å². The van der Waals surface area contributed by atoms with E-state index in [1.54, 1.807) is 64.6 Å². The van der Waals surface area contributed by atoms with Crippen LogP contribution in [0.3, 0.4) is 0 Å². The first-order valence-electron chi connectivity index (χ1n) is 17.1. The number of anilines is 5. The number of rotatable bonds is 10. The van der Waals surface area contributed by atoms with Crippen LogP contribution in [0, 0.1) is 72.9 Å². The number of hydrogen-bond donors (Lipinski definition) is 3. The van der Waals surface area contributed by atoms with Gasteiger partial charge in [0, 0.05) is 5.69 Å². The second-order valence-electron chi connectivity index (χ2n) is 13.2. The van der Waals surface area contributed by atoms with E-state index in [0.29, 0.717) is 44.2 Å². The number of hydrogen-bond acceptors (Lipinski definition) is 13. The highest BCUT2D eigenvalue weighted by Crippen LogP contribution is 2.46. The third-order valence-corrected chi connectivity index (χ3v) is 12.5. The Bertz CT molecular complexity index is 3060. The van der Waals surface area contributed by atoms with Crippen LogP contribution < -0.4 is 10.2 Å². The van der Waals surface area contributed by atoms with E-state index < -0.39 is 20.2 Å². The summed E-state index contributed by atoms with van der Waals surface area (Å²) in [5, 5.41) is 21.8. The summed E-state index contributed by atoms with van der Waals surface area (Å²) in [7, 11) is -9.39. The first-order chi connectivity index (χ1) is 27.3. The largest absolute Gasteiger partial charge is 0.417 e. The number of aromatic nitrogens is 4. The van der Waals surface area contributed by atoms with Crippen molar-refractivity contribution >= 4 is 93.2 Å². The molecule has 0 atom stereocenters. The number of fused-ring (bicyclic) bond motifs is 1. The first kappa shape index (κ1) is 41.0. The average Bonchev–Trinajstić information content (AvgIpc) is 3.70. The van der Waals surface area contributed by atoms with Crippen molar-refractivity contribution in [3.05, 3.63) is 104 Å². The summed E-state index contributed by atoms with van der Waals surface area (Å²) in [6.45, 7) is 26.1. The van der Waals surface area contributed by atoms with Crippen LogP contribution >= 0.6 is 11.3 Å². The maximum Gasteiger partial charge on any atom is 0.417 e. The van der Waals surface area contributed by atoms with Crippen LogP contribution in [-0.2, 0) is 26.8 Å². The van der Waals surface area contributed by atoms with Gasteiger partial charge >= 0.3 is 5.95 Å². The van der Waals surface area contributed by atoms with Gasteiger partial charge in [-0.05, 0) is 106 Å². The topological polar surface area (TPSA) is 225 Å². The fourth-order valence-electron chi connectivity index (χ4n) is 7.01. The van der Waals surface area contributed by atoms with Gasteiger partial charge in [-0.3, -0.25) is 14.0 Å². The Balaban J connectivity index is 1.69. The number of thiazole rings is 1. The number of azo groups is 1. The summed E-state index contributed by atoms with van der Waals surface area (Å²) < 4.78 is 73.3. The zero-order chi connectivity index (χ0) is 42.4. The molecule has 58 heavy (non-hydrogen) atoms. The molecule has 0 aliphatic heterocycles. The van der Waals surface area contributed by atoms with Crippen LogP contribution in [0.5, 0.6) is 0 Å². The molecule has 0 radical (unpaired) electrons. The first-order valence-corrected chi connectivity index (χ1v) is 20.7. The quantitative estimate of drug-likeness (QED) is 0.0666. The molecule has 3 aromatic carbocycles. The molecule has 0 aliphatic carbocycles. The van der Waals surface area contributed by atoms with E-state index in [1.807, 2.05) is 30.3 Å². The Morgan fingerprint density at radius 2 is 1.48 bits per heavy atom. The van der Waals surface area contributed by atoms with Gasteiger partial charge in [0.25, 0.3) is 31.9 Å². The normalized spacial score (nSPS) is 11.8. The molecule has 0 saturated heterocycles. The zero-order valence-electron chi connectivity index (χ0n) is 32.0. The highest BCUT2D eigenvalue weighted by atomic mass is 32.2. The number of nitrogens with zero attached hydrogens (tertiary/aromatic N) is 10. The summed E-state index contributed by atoms with van der Waals surface area (Å²) in [5.74, 6) is -0.469. The monoisotopic (exact) mass is 835 g/mol. The maximum absolute atomic E-state index is 12.8. The van der Waals surface area contributed by atoms with Crippen molar-refractivity contribution in [2.45, 2.75) is 64.8 Å². The van der Waals surface area contributed by atoms with Crippen LogP contribution in [0.1, 0.15) is 38.9 Å². The number of benzene rings is 3. The predicted octanol–water partition coefficient (Wildman–Crippen LogP) is 9.79. The molecule has 0 saturated carbocycles. The average molecular weight is 836 g/mol. The van der Waals surface area contributed by atoms with Crippen molar-refractivity contribution < 1.29 is 25.9 Å². The molecule has 6 aromatic rings. The molecule has 0 bridgehead atoms. The summed E-state index contributed by atoms with van der Waals surface area (Å²) in [6.07, 6.45) is 0. The van der Waals surface area contributed by atoms with Gasteiger partial charge in [-0.2, -0.15) is 22.1 Å². The van der Waals surface area contributed by atoms with Crippen LogP contribution in [0.4, 0.5) is 51.4 Å². The van der Waals surface area contributed by atoms with E-state index in [2.05, 4.69) is 30.2 Å². The third kappa shape index (κ3) is 7.48. The molecule has 17 nitrogen and oxygen atoms in total. The number of nitriles is 1. The van der Waals surface area contributed by atoms with E-state index >= 15 is 0 Å². The Morgan fingerprint density at radius 3 is 2.09 bits per heavy atom. The summed E-state index contributed by atoms with van der Waals surface area (Å²) in [6, 6.07) is 14.2. The van der Waals surface area contributed by atoms with Crippen LogP contribution in [-0.4, -0.2) is 45.5 Å². The van der Waals surface area contributed by atoms with Gasteiger partial charge in [-0.15, -0.1) is 5.11 Å². The summed E-state index contributed by atoms with van der Waals surface area (Å²) >= 11 is 1.30. The second kappa shape index (κ2) is 15.4. The van der Waals surface area contributed by atoms with Crippen molar-refractivity contribution in [1.29, 1.82) is 5.26 Å². The van der Waals surface area contributed by atoms with Gasteiger partial charge in [0.1, 0.15) is 27.4 Å². The van der Waals surface area contributed by atoms with Crippen molar-refractivity contribution in [2.24, 2.45) is 10.2 Å². The fourth-order valence-corrected chi connectivity index (χ4v) is 9.89. The minimum absolute atomic E-state index is 0.00724. The molecule has 20 heteroatoms. The number of imidazole rings is 1. The SMILES string of the molecule is [C-]#[N+]c1nc(N=Nc2c(C)cc(N(c3nc4ccccc4s3)c3c(C)cc(C)c(S(=O)(=O)O)c3C)nc2Nc2c(C)cc(C)c(S(=O)(=O)O)c2C)n(CC#N)c1[N+]#[C-]. The molecule has 294 valence electrons.